The first kappa shape index (κ1) is 18.1. The van der Waals surface area contributed by atoms with Crippen molar-refractivity contribution in [3.8, 4) is 5.75 Å². The molecule has 5 heteroatoms. The number of benzene rings is 1. The number of carbonyl (C=O) groups is 1. The van der Waals surface area contributed by atoms with Crippen LogP contribution in [-0.4, -0.2) is 43.1 Å². The highest BCUT2D eigenvalue weighted by Gasteiger charge is 2.22. The molecule has 0 unspecified atom stereocenters. The summed E-state index contributed by atoms with van der Waals surface area (Å²) in [6.45, 7) is 3.15. The molecule has 1 aliphatic carbocycles. The number of likely N-dealkylation sites (N-methyl/N-ethyl adjacent to an activating group) is 1. The average Bonchev–Trinajstić information content (AvgIpc) is 2.55. The Labute approximate surface area is 144 Å². The Hall–Kier alpha value is -1.26. The molecule has 1 atom stereocenters. The van der Waals surface area contributed by atoms with Gasteiger partial charge in [-0.3, -0.25) is 9.69 Å². The Kier molecular flexibility index (Phi) is 7.18. The molecule has 2 rings (SSSR count). The van der Waals surface area contributed by atoms with Crippen molar-refractivity contribution in [3.63, 3.8) is 0 Å². The molecule has 0 heterocycles. The number of nitrogens with one attached hydrogen (secondary N) is 1. The lowest BCUT2D eigenvalue weighted by Gasteiger charge is -2.28. The van der Waals surface area contributed by atoms with Crippen LogP contribution in [0, 0.1) is 0 Å². The molecule has 0 aromatic heterocycles. The van der Waals surface area contributed by atoms with E-state index in [1.807, 2.05) is 37.1 Å². The first-order chi connectivity index (χ1) is 11.1. The average molecular weight is 339 g/mol. The van der Waals surface area contributed by atoms with Gasteiger partial charge in [0.1, 0.15) is 12.4 Å². The van der Waals surface area contributed by atoms with Crippen molar-refractivity contribution in [2.75, 3.05) is 20.2 Å². The zero-order chi connectivity index (χ0) is 16.7. The summed E-state index contributed by atoms with van der Waals surface area (Å²) in [5, 5.41) is 3.84. The Morgan fingerprint density at radius 2 is 2.13 bits per heavy atom. The van der Waals surface area contributed by atoms with E-state index in [9.17, 15) is 4.79 Å². The van der Waals surface area contributed by atoms with Crippen LogP contribution in [0.3, 0.4) is 0 Å². The molecule has 0 spiro atoms. The van der Waals surface area contributed by atoms with Crippen LogP contribution in [0.4, 0.5) is 0 Å². The number of rotatable bonds is 7. The van der Waals surface area contributed by atoms with E-state index in [1.54, 1.807) is 6.07 Å². The molecule has 1 amide bonds. The molecule has 0 saturated heterocycles. The van der Waals surface area contributed by atoms with Crippen molar-refractivity contribution in [1.29, 1.82) is 0 Å². The van der Waals surface area contributed by atoms with E-state index in [-0.39, 0.29) is 11.9 Å². The maximum Gasteiger partial charge on any atom is 0.237 e. The summed E-state index contributed by atoms with van der Waals surface area (Å²) in [6, 6.07) is 7.56. The summed E-state index contributed by atoms with van der Waals surface area (Å²) in [4.78, 5) is 14.3. The molecule has 128 valence electrons. The summed E-state index contributed by atoms with van der Waals surface area (Å²) in [6.07, 6.45) is 5.97. The van der Waals surface area contributed by atoms with Crippen molar-refractivity contribution in [2.45, 2.75) is 51.1 Å². The predicted molar refractivity (Wildman–Crippen MR) is 94.1 cm³/mol. The largest absolute Gasteiger partial charge is 0.492 e. The van der Waals surface area contributed by atoms with Crippen LogP contribution in [-0.2, 0) is 4.79 Å². The van der Waals surface area contributed by atoms with Gasteiger partial charge in [0.15, 0.2) is 0 Å². The van der Waals surface area contributed by atoms with Gasteiger partial charge >= 0.3 is 0 Å². The minimum atomic E-state index is -0.153. The second-order valence-corrected chi connectivity index (χ2v) is 6.74. The number of ether oxygens (including phenoxy) is 1. The van der Waals surface area contributed by atoms with Crippen molar-refractivity contribution in [1.82, 2.24) is 10.2 Å². The van der Waals surface area contributed by atoms with Crippen LogP contribution in [0.2, 0.25) is 5.02 Å². The van der Waals surface area contributed by atoms with E-state index in [0.717, 1.165) is 18.6 Å². The van der Waals surface area contributed by atoms with E-state index in [1.165, 1.54) is 19.3 Å². The van der Waals surface area contributed by atoms with Crippen molar-refractivity contribution >= 4 is 17.5 Å². The van der Waals surface area contributed by atoms with Crippen molar-refractivity contribution in [3.05, 3.63) is 29.3 Å². The third-order valence-electron chi connectivity index (χ3n) is 4.50. The Balaban J connectivity index is 1.71. The van der Waals surface area contributed by atoms with E-state index in [2.05, 4.69) is 5.32 Å². The van der Waals surface area contributed by atoms with Crippen LogP contribution in [0.1, 0.15) is 39.0 Å². The Morgan fingerprint density at radius 1 is 1.39 bits per heavy atom. The molecule has 0 bridgehead atoms. The molecule has 23 heavy (non-hydrogen) atoms. The van der Waals surface area contributed by atoms with Gasteiger partial charge < -0.3 is 10.1 Å². The fraction of sp³-hybridized carbons (Fsp3) is 0.611. The number of hydrogen-bond acceptors (Lipinski definition) is 3. The molecule has 4 nitrogen and oxygen atoms in total. The lowest BCUT2D eigenvalue weighted by Crippen LogP contribution is -2.48. The second kappa shape index (κ2) is 9.14. The molecular formula is C18H27ClN2O2. The van der Waals surface area contributed by atoms with Crippen molar-refractivity contribution in [2.24, 2.45) is 0 Å². The summed E-state index contributed by atoms with van der Waals surface area (Å²) in [7, 11) is 1.95. The SMILES string of the molecule is C[C@H](C(=O)NC1CCCCC1)N(C)CCOc1cccc(Cl)c1. The third-order valence-corrected chi connectivity index (χ3v) is 4.74. The molecule has 1 fully saturated rings. The van der Waals surface area contributed by atoms with Gasteiger partial charge in [-0.2, -0.15) is 0 Å². The molecule has 0 aliphatic heterocycles. The maximum absolute atomic E-state index is 12.3. The lowest BCUT2D eigenvalue weighted by molar-refractivity contribution is -0.126. The number of hydrogen-bond donors (Lipinski definition) is 1. The topological polar surface area (TPSA) is 41.6 Å². The highest BCUT2D eigenvalue weighted by Crippen LogP contribution is 2.18. The summed E-state index contributed by atoms with van der Waals surface area (Å²) >= 11 is 5.93. The number of carbonyl (C=O) groups excluding carboxylic acids is 1. The molecule has 1 aromatic rings. The quantitative estimate of drug-likeness (QED) is 0.827. The first-order valence-electron chi connectivity index (χ1n) is 8.45. The zero-order valence-corrected chi connectivity index (χ0v) is 14.8. The molecule has 1 aromatic carbocycles. The second-order valence-electron chi connectivity index (χ2n) is 6.31. The number of amides is 1. The lowest BCUT2D eigenvalue weighted by atomic mass is 9.95. The monoisotopic (exact) mass is 338 g/mol. The fourth-order valence-electron chi connectivity index (χ4n) is 2.83. The minimum Gasteiger partial charge on any atom is -0.492 e. The van der Waals surface area contributed by atoms with Gasteiger partial charge in [0.25, 0.3) is 0 Å². The van der Waals surface area contributed by atoms with Gasteiger partial charge in [-0.15, -0.1) is 0 Å². The molecular weight excluding hydrogens is 312 g/mol. The van der Waals surface area contributed by atoms with Crippen LogP contribution >= 0.6 is 11.6 Å². The highest BCUT2D eigenvalue weighted by molar-refractivity contribution is 6.30. The normalized spacial score (nSPS) is 17.0. The maximum atomic E-state index is 12.3. The van der Waals surface area contributed by atoms with E-state index in [4.69, 9.17) is 16.3 Å². The van der Waals surface area contributed by atoms with Gasteiger partial charge in [0.05, 0.1) is 6.04 Å². The third kappa shape index (κ3) is 6.04. The van der Waals surface area contributed by atoms with Gasteiger partial charge in [-0.1, -0.05) is 36.9 Å². The van der Waals surface area contributed by atoms with Gasteiger partial charge in [0, 0.05) is 17.6 Å². The van der Waals surface area contributed by atoms with Crippen LogP contribution in [0.15, 0.2) is 24.3 Å². The van der Waals surface area contributed by atoms with Gasteiger partial charge in [0.2, 0.25) is 5.91 Å². The molecule has 1 aliphatic rings. The minimum absolute atomic E-state index is 0.113. The van der Waals surface area contributed by atoms with Crippen molar-refractivity contribution < 1.29 is 9.53 Å². The summed E-state index contributed by atoms with van der Waals surface area (Å²) < 4.78 is 5.68. The summed E-state index contributed by atoms with van der Waals surface area (Å²) in [5.41, 5.74) is 0. The smallest absolute Gasteiger partial charge is 0.237 e. The van der Waals surface area contributed by atoms with Gasteiger partial charge in [-0.25, -0.2) is 0 Å². The van der Waals surface area contributed by atoms with E-state index >= 15 is 0 Å². The first-order valence-corrected chi connectivity index (χ1v) is 8.83. The molecule has 0 radical (unpaired) electrons. The standard InChI is InChI=1S/C18H27ClN2O2/c1-14(18(22)20-16-8-4-3-5-9-16)21(2)11-12-23-17-10-6-7-15(19)13-17/h6-7,10,13-14,16H,3-5,8-9,11-12H2,1-2H3,(H,20,22)/t14-/m1/s1. The number of halogens is 1. The Bertz CT molecular complexity index is 504. The van der Waals surface area contributed by atoms with Gasteiger partial charge in [-0.05, 0) is 45.0 Å². The molecule has 1 N–H and O–H groups in total. The summed E-state index contributed by atoms with van der Waals surface area (Å²) in [5.74, 6) is 0.868. The zero-order valence-electron chi connectivity index (χ0n) is 14.1. The Morgan fingerprint density at radius 3 is 2.83 bits per heavy atom. The van der Waals surface area contributed by atoms with Crippen LogP contribution < -0.4 is 10.1 Å². The van der Waals surface area contributed by atoms with Crippen LogP contribution in [0.25, 0.3) is 0 Å². The highest BCUT2D eigenvalue weighted by atomic mass is 35.5. The van der Waals surface area contributed by atoms with E-state index < -0.39 is 0 Å². The number of nitrogens with zero attached hydrogens (tertiary/aromatic N) is 1. The predicted octanol–water partition coefficient (Wildman–Crippen LogP) is 3.49. The van der Waals surface area contributed by atoms with Crippen LogP contribution in [0.5, 0.6) is 5.75 Å². The van der Waals surface area contributed by atoms with E-state index in [0.29, 0.717) is 24.2 Å². The fourth-order valence-corrected chi connectivity index (χ4v) is 3.01. The molecule has 1 saturated carbocycles.